The van der Waals surface area contributed by atoms with E-state index in [1.165, 1.54) is 11.2 Å². The predicted molar refractivity (Wildman–Crippen MR) is 62.7 cm³/mol. The maximum Gasteiger partial charge on any atom is 0.222 e. The summed E-state index contributed by atoms with van der Waals surface area (Å²) >= 11 is 4.67. The van der Waals surface area contributed by atoms with Crippen molar-refractivity contribution in [2.75, 3.05) is 13.6 Å². The van der Waals surface area contributed by atoms with Gasteiger partial charge in [-0.2, -0.15) is 0 Å². The SMILES string of the molecule is CCCCN(C)S(=O)(=O)C(C)C(N)=S. The van der Waals surface area contributed by atoms with Gasteiger partial charge in [-0.1, -0.05) is 25.6 Å². The van der Waals surface area contributed by atoms with Gasteiger partial charge in [-0.05, 0) is 13.3 Å². The van der Waals surface area contributed by atoms with Crippen LogP contribution in [0, 0.1) is 0 Å². The van der Waals surface area contributed by atoms with E-state index in [-0.39, 0.29) is 4.99 Å². The summed E-state index contributed by atoms with van der Waals surface area (Å²) in [4.78, 5) is 0.0216. The van der Waals surface area contributed by atoms with Gasteiger partial charge in [0.05, 0.1) is 4.99 Å². The van der Waals surface area contributed by atoms with E-state index in [1.807, 2.05) is 6.92 Å². The Morgan fingerprint density at radius 3 is 2.43 bits per heavy atom. The lowest BCUT2D eigenvalue weighted by Gasteiger charge is -2.20. The minimum Gasteiger partial charge on any atom is -0.392 e. The third kappa shape index (κ3) is 3.51. The third-order valence-electron chi connectivity index (χ3n) is 2.11. The maximum absolute atomic E-state index is 11.7. The summed E-state index contributed by atoms with van der Waals surface area (Å²) in [7, 11) is -1.79. The molecule has 84 valence electrons. The number of nitrogens with zero attached hydrogens (tertiary/aromatic N) is 1. The smallest absolute Gasteiger partial charge is 0.222 e. The van der Waals surface area contributed by atoms with Crippen LogP contribution in [0.2, 0.25) is 0 Å². The zero-order valence-electron chi connectivity index (χ0n) is 8.86. The van der Waals surface area contributed by atoms with Gasteiger partial charge in [0.2, 0.25) is 10.0 Å². The molecule has 14 heavy (non-hydrogen) atoms. The molecule has 0 aromatic rings. The Bertz CT molecular complexity index is 288. The van der Waals surface area contributed by atoms with Crippen LogP contribution in [0.1, 0.15) is 26.7 Å². The molecule has 0 aromatic heterocycles. The fraction of sp³-hybridized carbons (Fsp3) is 0.875. The van der Waals surface area contributed by atoms with Gasteiger partial charge in [-0.3, -0.25) is 0 Å². The van der Waals surface area contributed by atoms with E-state index >= 15 is 0 Å². The molecule has 1 atom stereocenters. The number of nitrogens with two attached hydrogens (primary N) is 1. The highest BCUT2D eigenvalue weighted by Crippen LogP contribution is 2.08. The first-order valence-electron chi connectivity index (χ1n) is 4.58. The summed E-state index contributed by atoms with van der Waals surface area (Å²) in [5, 5.41) is -0.778. The molecule has 0 saturated heterocycles. The van der Waals surface area contributed by atoms with Gasteiger partial charge in [0.25, 0.3) is 0 Å². The lowest BCUT2D eigenvalue weighted by atomic mass is 10.3. The molecule has 6 heteroatoms. The first kappa shape index (κ1) is 13.8. The average Bonchev–Trinajstić information content (AvgIpc) is 2.12. The Balaban J connectivity index is 4.53. The molecule has 0 fully saturated rings. The van der Waals surface area contributed by atoms with E-state index in [2.05, 4.69) is 12.2 Å². The molecule has 0 aliphatic carbocycles. The van der Waals surface area contributed by atoms with Crippen molar-refractivity contribution < 1.29 is 8.42 Å². The van der Waals surface area contributed by atoms with Crippen molar-refractivity contribution in [3.8, 4) is 0 Å². The first-order chi connectivity index (χ1) is 6.34. The van der Waals surface area contributed by atoms with Gasteiger partial charge in [-0.25, -0.2) is 12.7 Å². The van der Waals surface area contributed by atoms with Gasteiger partial charge < -0.3 is 5.73 Å². The van der Waals surface area contributed by atoms with Crippen molar-refractivity contribution in [1.29, 1.82) is 0 Å². The molecular weight excluding hydrogens is 220 g/mol. The molecular formula is C8H18N2O2S2. The highest BCUT2D eigenvalue weighted by molar-refractivity contribution is 7.92. The minimum absolute atomic E-state index is 0.0216. The quantitative estimate of drug-likeness (QED) is 0.693. The standard InChI is InChI=1S/C8H18N2O2S2/c1-4-5-6-10(3)14(11,12)7(2)8(9)13/h7H,4-6H2,1-3H3,(H2,9,13). The highest BCUT2D eigenvalue weighted by Gasteiger charge is 2.27. The van der Waals surface area contributed by atoms with Crippen molar-refractivity contribution in [3.05, 3.63) is 0 Å². The number of hydrogen-bond acceptors (Lipinski definition) is 3. The summed E-state index contributed by atoms with van der Waals surface area (Å²) in [6, 6.07) is 0. The van der Waals surface area contributed by atoms with Crippen molar-refractivity contribution >= 4 is 27.2 Å². The normalized spacial score (nSPS) is 14.3. The molecule has 0 spiro atoms. The zero-order valence-corrected chi connectivity index (χ0v) is 10.5. The molecule has 1 unspecified atom stereocenters. The first-order valence-corrected chi connectivity index (χ1v) is 6.49. The Labute approximate surface area is 91.5 Å². The van der Waals surface area contributed by atoms with Crippen LogP contribution in [0.15, 0.2) is 0 Å². The monoisotopic (exact) mass is 238 g/mol. The molecule has 0 amide bonds. The van der Waals surface area contributed by atoms with E-state index in [4.69, 9.17) is 5.73 Å². The van der Waals surface area contributed by atoms with Crippen LogP contribution in [0.3, 0.4) is 0 Å². The molecule has 0 heterocycles. The molecule has 0 bridgehead atoms. The van der Waals surface area contributed by atoms with Gasteiger partial charge >= 0.3 is 0 Å². The highest BCUT2D eigenvalue weighted by atomic mass is 32.2. The van der Waals surface area contributed by atoms with E-state index in [9.17, 15) is 8.42 Å². The molecule has 2 N–H and O–H groups in total. The van der Waals surface area contributed by atoms with Gasteiger partial charge in [0, 0.05) is 13.6 Å². The molecule has 0 aliphatic rings. The topological polar surface area (TPSA) is 63.4 Å². The Kier molecular flexibility index (Phi) is 5.54. The van der Waals surface area contributed by atoms with E-state index < -0.39 is 15.3 Å². The summed E-state index contributed by atoms with van der Waals surface area (Å²) in [5.41, 5.74) is 5.31. The summed E-state index contributed by atoms with van der Waals surface area (Å²) in [6.45, 7) is 4.04. The largest absolute Gasteiger partial charge is 0.392 e. The Morgan fingerprint density at radius 1 is 1.57 bits per heavy atom. The van der Waals surface area contributed by atoms with E-state index in [0.717, 1.165) is 12.8 Å². The lowest BCUT2D eigenvalue weighted by Crippen LogP contribution is -2.41. The fourth-order valence-electron chi connectivity index (χ4n) is 0.925. The molecule has 0 saturated carbocycles. The van der Waals surface area contributed by atoms with Crippen molar-refractivity contribution in [3.63, 3.8) is 0 Å². The molecule has 0 rings (SSSR count). The lowest BCUT2D eigenvalue weighted by molar-refractivity contribution is 0.457. The minimum atomic E-state index is -3.34. The van der Waals surface area contributed by atoms with Crippen LogP contribution in [0.4, 0.5) is 0 Å². The third-order valence-corrected chi connectivity index (χ3v) is 4.81. The Morgan fingerprint density at radius 2 is 2.07 bits per heavy atom. The Hall–Kier alpha value is -0.200. The zero-order chi connectivity index (χ0) is 11.4. The molecule has 4 nitrogen and oxygen atoms in total. The van der Waals surface area contributed by atoms with Crippen molar-refractivity contribution in [1.82, 2.24) is 4.31 Å². The number of rotatable bonds is 6. The predicted octanol–water partition coefficient (Wildman–Crippen LogP) is 0.723. The van der Waals surface area contributed by atoms with Gasteiger partial charge in [0.1, 0.15) is 5.25 Å². The van der Waals surface area contributed by atoms with E-state index in [0.29, 0.717) is 6.54 Å². The second-order valence-corrected chi connectivity index (χ2v) is 6.10. The number of sulfonamides is 1. The van der Waals surface area contributed by atoms with Crippen LogP contribution >= 0.6 is 12.2 Å². The van der Waals surface area contributed by atoms with Gasteiger partial charge in [0.15, 0.2) is 0 Å². The van der Waals surface area contributed by atoms with Crippen molar-refractivity contribution in [2.45, 2.75) is 31.9 Å². The number of thiocarbonyl (C=S) groups is 1. The van der Waals surface area contributed by atoms with Crippen LogP contribution in [0.25, 0.3) is 0 Å². The molecule has 0 aromatic carbocycles. The number of hydrogen-bond donors (Lipinski definition) is 1. The van der Waals surface area contributed by atoms with Gasteiger partial charge in [-0.15, -0.1) is 0 Å². The average molecular weight is 238 g/mol. The number of unbranched alkanes of at least 4 members (excludes halogenated alkanes) is 1. The summed E-state index contributed by atoms with van der Waals surface area (Å²) < 4.78 is 24.8. The van der Waals surface area contributed by atoms with Crippen LogP contribution in [0.5, 0.6) is 0 Å². The second-order valence-electron chi connectivity index (χ2n) is 3.26. The molecule has 0 aliphatic heterocycles. The maximum atomic E-state index is 11.7. The second kappa shape index (κ2) is 5.63. The van der Waals surface area contributed by atoms with E-state index in [1.54, 1.807) is 7.05 Å². The molecule has 0 radical (unpaired) electrons. The van der Waals surface area contributed by atoms with Crippen LogP contribution < -0.4 is 5.73 Å². The summed E-state index contributed by atoms with van der Waals surface area (Å²) in [6.07, 6.45) is 1.81. The summed E-state index contributed by atoms with van der Waals surface area (Å²) in [5.74, 6) is 0. The van der Waals surface area contributed by atoms with Crippen molar-refractivity contribution in [2.24, 2.45) is 5.73 Å². The van der Waals surface area contributed by atoms with Crippen LogP contribution in [-0.4, -0.2) is 36.6 Å². The fourth-order valence-corrected chi connectivity index (χ4v) is 2.51. The van der Waals surface area contributed by atoms with Crippen LogP contribution in [-0.2, 0) is 10.0 Å².